The van der Waals surface area contributed by atoms with Crippen LogP contribution in [0.2, 0.25) is 0 Å². The van der Waals surface area contributed by atoms with Crippen molar-refractivity contribution < 1.29 is 99.9 Å². The van der Waals surface area contributed by atoms with Crippen molar-refractivity contribution in [2.24, 2.45) is 188 Å². The highest BCUT2D eigenvalue weighted by molar-refractivity contribution is 5.80. The van der Waals surface area contributed by atoms with Gasteiger partial charge in [-0.15, -0.1) is 0 Å². The molecule has 0 aromatic rings. The summed E-state index contributed by atoms with van der Waals surface area (Å²) >= 11 is 0. The van der Waals surface area contributed by atoms with Gasteiger partial charge in [0.1, 0.15) is 6.10 Å². The van der Waals surface area contributed by atoms with Gasteiger partial charge < -0.3 is 66.3 Å². The summed E-state index contributed by atoms with van der Waals surface area (Å²) in [4.78, 5) is 81.6. The Balaban J connectivity index is 0.0000000849. The van der Waals surface area contributed by atoms with Crippen LogP contribution in [0.15, 0.2) is 0 Å². The Hall–Kier alpha value is -3.99. The SMILES string of the molecule is COC12CC3CC(C1)OC(=O)C(C3)C2.COC1CC2CC1C1(CCOC1=O)C2.COC1CC2CC1C1(COC(=O)C1)C2.COC1CC2CC1C1C3CC(C4C(=O)OCC34)C21.COC1CC2CC1C1C3CC(C4COC(=O)C43)C21.COC1CC2CCC1C1C(=O)OCC21.COC1CC2CCC1C1COC(=O)C21. The van der Waals surface area contributed by atoms with Gasteiger partial charge in [-0.2, -0.15) is 0 Å². The lowest BCUT2D eigenvalue weighted by Gasteiger charge is -2.47. The number of carbonyl (C=O) groups excluding carboxylic acids is 7. The summed E-state index contributed by atoms with van der Waals surface area (Å²) in [5.74, 6) is 18.3. The molecule has 0 aromatic carbocycles. The van der Waals surface area contributed by atoms with Gasteiger partial charge in [-0.3, -0.25) is 33.6 Å². The number of cyclic esters (lactones) is 6. The molecule has 40 atom stereocenters. The fourth-order valence-electron chi connectivity index (χ4n) is 32.5. The van der Waals surface area contributed by atoms with Gasteiger partial charge >= 0.3 is 41.8 Å². The largest absolute Gasteiger partial charge is 0.465 e. The second kappa shape index (κ2) is 27.7. The number of hydrogen-bond donors (Lipinski definition) is 0. The van der Waals surface area contributed by atoms with Gasteiger partial charge in [0.05, 0.1) is 123 Å². The summed E-state index contributed by atoms with van der Waals surface area (Å²) in [5.41, 5.74) is -0.0348. The van der Waals surface area contributed by atoms with Crippen molar-refractivity contribution in [3.8, 4) is 0 Å². The molecule has 28 aliphatic rings. The molecule has 0 amide bonds. The first-order valence-corrected chi connectivity index (χ1v) is 42.3. The Morgan fingerprint density at radius 3 is 1.44 bits per heavy atom. The van der Waals surface area contributed by atoms with Crippen LogP contribution < -0.4 is 0 Å². The molecule has 28 rings (SSSR count). The molecule has 21 heteroatoms. The van der Waals surface area contributed by atoms with Gasteiger partial charge in [0, 0.05) is 91.2 Å². The first-order valence-electron chi connectivity index (χ1n) is 42.3. The molecule has 20 aliphatic carbocycles. The highest BCUT2D eigenvalue weighted by Gasteiger charge is 2.73. The zero-order valence-corrected chi connectivity index (χ0v) is 63.9. The van der Waals surface area contributed by atoms with Crippen molar-refractivity contribution in [2.75, 3.05) is 89.4 Å². The molecule has 2 spiro atoms. The molecule has 8 heterocycles. The van der Waals surface area contributed by atoms with E-state index in [1.54, 1.807) is 35.5 Å². The van der Waals surface area contributed by atoms with E-state index in [0.29, 0.717) is 159 Å². The average Bonchev–Trinajstić information content (AvgIpc) is 1.53. The smallest absolute Gasteiger partial charge is 0.312 e. The molecule has 0 aromatic heterocycles. The lowest BCUT2D eigenvalue weighted by Crippen LogP contribution is -2.48. The third kappa shape index (κ3) is 11.3. The van der Waals surface area contributed by atoms with Crippen LogP contribution in [0.5, 0.6) is 0 Å². The minimum absolute atomic E-state index is 0.00703. The Kier molecular flexibility index (Phi) is 18.9. The van der Waals surface area contributed by atoms with Crippen molar-refractivity contribution in [2.45, 2.75) is 209 Å². The van der Waals surface area contributed by atoms with Crippen LogP contribution in [0.25, 0.3) is 0 Å². The summed E-state index contributed by atoms with van der Waals surface area (Å²) in [5, 5.41) is 0. The van der Waals surface area contributed by atoms with Gasteiger partial charge in [0.2, 0.25) is 0 Å². The van der Waals surface area contributed by atoms with E-state index in [-0.39, 0.29) is 93.9 Å². The molecule has 20 bridgehead atoms. The molecule has 28 fully saturated rings. The maximum Gasteiger partial charge on any atom is 0.312 e. The highest BCUT2D eigenvalue weighted by Crippen LogP contribution is 2.74. The minimum atomic E-state index is -0.149. The molecule has 40 unspecified atom stereocenters. The van der Waals surface area contributed by atoms with Crippen LogP contribution in [0.3, 0.4) is 0 Å². The summed E-state index contributed by atoms with van der Waals surface area (Å²) < 4.78 is 75.7. The van der Waals surface area contributed by atoms with Gasteiger partial charge in [0.15, 0.2) is 0 Å². The minimum Gasteiger partial charge on any atom is -0.465 e. The predicted octanol–water partition coefficient (Wildman–Crippen LogP) is 10.1. The zero-order valence-electron chi connectivity index (χ0n) is 63.9. The average molecular weight is 1480 g/mol. The first-order chi connectivity index (χ1) is 51.4. The Morgan fingerprint density at radius 2 is 0.849 bits per heavy atom. The number of esters is 7. The summed E-state index contributed by atoms with van der Waals surface area (Å²) in [6.07, 6.45) is 31.0. The highest BCUT2D eigenvalue weighted by atomic mass is 16.6. The van der Waals surface area contributed by atoms with Crippen LogP contribution in [0.4, 0.5) is 0 Å². The number of carbonyl (C=O) groups is 7. The van der Waals surface area contributed by atoms with Crippen LogP contribution >= 0.6 is 0 Å². The van der Waals surface area contributed by atoms with Crippen molar-refractivity contribution in [3.05, 3.63) is 0 Å². The maximum absolute atomic E-state index is 11.9. The standard InChI is InChI=1S/2C15H20O3.5C11H16O3/c1-17-11-3-6-2-8(11)13-7-4-9(12(6)13)14-10(7)5-18-15(14)16;1-17-11-3-6-2-8(11)13-9-4-7(12(6)13)10-5-18-15(16)14(9)10;1-13-9-3-7-2-8(9)11(4-7)5-10(12)14-6-11;1-13-11-4-7-2-8(5-11)10(12)14-9(3-7)6-11;1-13-9-5-7-4-8(9)11(6-7)2-3-14-10(11)12;1-13-9-4-6-2-3-7(9)8-5-14-11(12)10(6)8;1-13-9-4-6-2-3-7(9)10-8(6)5-14-11(10)12/h2*6-14H,2-5H2,1H3;3*7-9H,2-6H2,1H3;2*6-10H,2-5H2,1H3. The summed E-state index contributed by atoms with van der Waals surface area (Å²) in [7, 11) is 12.6. The van der Waals surface area contributed by atoms with Gasteiger partial charge in [-0.1, -0.05) is 0 Å². The maximum atomic E-state index is 11.9. The molecule has 106 heavy (non-hydrogen) atoms. The Bertz CT molecular complexity index is 3390. The predicted molar refractivity (Wildman–Crippen MR) is 375 cm³/mol. The topological polar surface area (TPSA) is 249 Å². The van der Waals surface area contributed by atoms with Crippen molar-refractivity contribution in [1.82, 2.24) is 0 Å². The van der Waals surface area contributed by atoms with E-state index >= 15 is 0 Å². The third-order valence-electron chi connectivity index (χ3n) is 35.9. The normalized spacial score (nSPS) is 54.7. The Morgan fingerprint density at radius 1 is 0.349 bits per heavy atom. The molecule has 21 nitrogen and oxygen atoms in total. The van der Waals surface area contributed by atoms with Gasteiger partial charge in [-0.25, -0.2) is 0 Å². The summed E-state index contributed by atoms with van der Waals surface area (Å²) in [6, 6.07) is 0. The van der Waals surface area contributed by atoms with E-state index in [2.05, 4.69) is 0 Å². The van der Waals surface area contributed by atoms with E-state index in [1.165, 1.54) is 83.5 Å². The van der Waals surface area contributed by atoms with Crippen molar-refractivity contribution in [3.63, 3.8) is 0 Å². The lowest BCUT2D eigenvalue weighted by atomic mass is 9.58. The molecule has 586 valence electrons. The fraction of sp³-hybridized carbons (Fsp3) is 0.918. The van der Waals surface area contributed by atoms with Crippen LogP contribution in [0, 0.1) is 188 Å². The number of fused-ring (bicyclic) bond motifs is 35. The number of rotatable bonds is 7. The van der Waals surface area contributed by atoms with Gasteiger partial charge in [-0.05, 0) is 266 Å². The molecule has 0 N–H and O–H groups in total. The number of methoxy groups -OCH3 is 7. The van der Waals surface area contributed by atoms with E-state index in [9.17, 15) is 33.6 Å². The van der Waals surface area contributed by atoms with E-state index < -0.39 is 0 Å². The van der Waals surface area contributed by atoms with Crippen molar-refractivity contribution in [1.29, 1.82) is 0 Å². The molecule has 20 saturated carbocycles. The molecule has 8 saturated heterocycles. The summed E-state index contributed by atoms with van der Waals surface area (Å²) in [6.45, 7) is 4.01. The quantitative estimate of drug-likeness (QED) is 0.131. The van der Waals surface area contributed by atoms with Crippen LogP contribution in [-0.2, 0) is 99.9 Å². The third-order valence-corrected chi connectivity index (χ3v) is 35.9. The molecule has 0 radical (unpaired) electrons. The van der Waals surface area contributed by atoms with Crippen LogP contribution in [-0.4, -0.2) is 180 Å². The van der Waals surface area contributed by atoms with E-state index in [0.717, 1.165) is 142 Å². The Labute approximate surface area is 625 Å². The first kappa shape index (κ1) is 72.3. The second-order valence-electron chi connectivity index (χ2n) is 39.3. The second-order valence-corrected chi connectivity index (χ2v) is 39.3. The van der Waals surface area contributed by atoms with E-state index in [4.69, 9.17) is 66.3 Å². The monoisotopic (exact) mass is 1480 g/mol. The molecule has 8 aliphatic heterocycles. The molecular weight excluding hydrogens is 1360 g/mol. The van der Waals surface area contributed by atoms with E-state index in [1.807, 2.05) is 14.2 Å². The fourth-order valence-corrected chi connectivity index (χ4v) is 32.5. The number of ether oxygens (including phenoxy) is 14. The van der Waals surface area contributed by atoms with Crippen LogP contribution in [0.1, 0.15) is 161 Å². The van der Waals surface area contributed by atoms with Crippen molar-refractivity contribution >= 4 is 41.8 Å². The zero-order chi connectivity index (χ0) is 72.7. The molecular formula is C85H120O21. The number of hydrogen-bond acceptors (Lipinski definition) is 21. The lowest BCUT2D eigenvalue weighted by molar-refractivity contribution is -0.152. The van der Waals surface area contributed by atoms with Gasteiger partial charge in [0.25, 0.3) is 0 Å².